The van der Waals surface area contributed by atoms with E-state index in [-0.39, 0.29) is 35.7 Å². The van der Waals surface area contributed by atoms with Crippen LogP contribution in [0.2, 0.25) is 0 Å². The maximum absolute atomic E-state index is 13.4. The fraction of sp³-hybridized carbons (Fsp3) is 0.357. The van der Waals surface area contributed by atoms with E-state index in [4.69, 9.17) is 0 Å². The summed E-state index contributed by atoms with van der Waals surface area (Å²) in [6, 6.07) is 14.0. The van der Waals surface area contributed by atoms with Gasteiger partial charge in [0, 0.05) is 50.4 Å². The minimum absolute atomic E-state index is 0.0922. The number of non-ortho nitro benzene ring substituents is 1. The van der Waals surface area contributed by atoms with Gasteiger partial charge in [0.05, 0.1) is 11.3 Å². The average molecular weight is 536 g/mol. The summed E-state index contributed by atoms with van der Waals surface area (Å²) in [5, 5.41) is 16.4. The first-order chi connectivity index (χ1) is 18.8. The molecule has 1 unspecified atom stereocenters. The summed E-state index contributed by atoms with van der Waals surface area (Å²) in [6.07, 6.45) is 3.00. The lowest BCUT2D eigenvalue weighted by atomic mass is 10.1. The Bertz CT molecular complexity index is 1180. The minimum atomic E-state index is -0.728. The average Bonchev–Trinajstić information content (AvgIpc) is 2.96. The Morgan fingerprint density at radius 2 is 1.59 bits per heavy atom. The van der Waals surface area contributed by atoms with Crippen molar-refractivity contribution >= 4 is 29.3 Å². The summed E-state index contributed by atoms with van der Waals surface area (Å²) in [6.45, 7) is 5.07. The van der Waals surface area contributed by atoms with Gasteiger partial charge < -0.3 is 20.4 Å². The van der Waals surface area contributed by atoms with Crippen molar-refractivity contribution in [2.45, 2.75) is 31.7 Å². The number of unbranched alkanes of at least 4 members (excludes halogenated alkanes) is 1. The van der Waals surface area contributed by atoms with E-state index in [2.05, 4.69) is 17.2 Å². The van der Waals surface area contributed by atoms with Gasteiger partial charge >= 0.3 is 0 Å². The molecule has 2 aromatic carbocycles. The predicted molar refractivity (Wildman–Crippen MR) is 145 cm³/mol. The van der Waals surface area contributed by atoms with Gasteiger partial charge in [0.2, 0.25) is 17.7 Å². The lowest BCUT2D eigenvalue weighted by molar-refractivity contribution is -0.384. The third-order valence-corrected chi connectivity index (χ3v) is 6.45. The van der Waals surface area contributed by atoms with Gasteiger partial charge in [0.15, 0.2) is 0 Å². The van der Waals surface area contributed by atoms with Crippen LogP contribution in [-0.4, -0.2) is 77.1 Å². The number of carbonyl (C=O) groups is 4. The van der Waals surface area contributed by atoms with E-state index >= 15 is 0 Å². The van der Waals surface area contributed by atoms with Crippen molar-refractivity contribution in [3.63, 3.8) is 0 Å². The van der Waals surface area contributed by atoms with E-state index in [0.29, 0.717) is 57.5 Å². The second kappa shape index (κ2) is 14.4. The maximum Gasteiger partial charge on any atom is 0.269 e. The molecule has 0 saturated carbocycles. The molecule has 1 fully saturated rings. The summed E-state index contributed by atoms with van der Waals surface area (Å²) < 4.78 is 0. The van der Waals surface area contributed by atoms with Crippen molar-refractivity contribution in [1.82, 2.24) is 20.4 Å². The number of nitro groups is 1. The van der Waals surface area contributed by atoms with E-state index < -0.39 is 11.0 Å². The third kappa shape index (κ3) is 8.77. The van der Waals surface area contributed by atoms with Gasteiger partial charge in [-0.2, -0.15) is 0 Å². The van der Waals surface area contributed by atoms with Crippen LogP contribution in [0, 0.1) is 10.1 Å². The molecule has 0 aromatic heterocycles. The van der Waals surface area contributed by atoms with E-state index in [1.54, 1.807) is 9.80 Å². The number of rotatable bonds is 12. The molecule has 206 valence electrons. The Kier molecular flexibility index (Phi) is 10.7. The first kappa shape index (κ1) is 29.0. The van der Waals surface area contributed by atoms with Crippen LogP contribution in [0.1, 0.15) is 35.2 Å². The van der Waals surface area contributed by atoms with Gasteiger partial charge in [-0.1, -0.05) is 36.9 Å². The SMILES string of the molecule is C=CC(=O)NCCCCC(NC(=O)Cc1ccccc1)C(=O)N1CCN(C(=O)c2ccc([N+](=O)[O-])cc2)CC1. The van der Waals surface area contributed by atoms with Gasteiger partial charge in [-0.3, -0.25) is 29.3 Å². The summed E-state index contributed by atoms with van der Waals surface area (Å²) in [5.74, 6) is -0.994. The number of nitrogens with zero attached hydrogens (tertiary/aromatic N) is 3. The molecule has 1 saturated heterocycles. The molecular formula is C28H33N5O6. The fourth-order valence-corrected chi connectivity index (χ4v) is 4.30. The summed E-state index contributed by atoms with van der Waals surface area (Å²) in [5.41, 5.74) is 1.09. The molecular weight excluding hydrogens is 502 g/mol. The maximum atomic E-state index is 13.4. The quantitative estimate of drug-likeness (QED) is 0.184. The molecule has 1 aliphatic heterocycles. The zero-order chi connectivity index (χ0) is 28.2. The number of hydrogen-bond donors (Lipinski definition) is 2. The number of amides is 4. The van der Waals surface area contributed by atoms with Gasteiger partial charge in [-0.15, -0.1) is 0 Å². The molecule has 3 rings (SSSR count). The molecule has 4 amide bonds. The van der Waals surface area contributed by atoms with Crippen LogP contribution in [0.15, 0.2) is 67.3 Å². The van der Waals surface area contributed by atoms with Crippen LogP contribution >= 0.6 is 0 Å². The summed E-state index contributed by atoms with van der Waals surface area (Å²) in [7, 11) is 0. The zero-order valence-corrected chi connectivity index (χ0v) is 21.7. The minimum Gasteiger partial charge on any atom is -0.353 e. The van der Waals surface area contributed by atoms with E-state index in [1.807, 2.05) is 30.3 Å². The first-order valence-corrected chi connectivity index (χ1v) is 12.8. The van der Waals surface area contributed by atoms with Crippen molar-refractivity contribution < 1.29 is 24.1 Å². The topological polar surface area (TPSA) is 142 Å². The normalized spacial score (nSPS) is 13.7. The Morgan fingerprint density at radius 3 is 2.21 bits per heavy atom. The highest BCUT2D eigenvalue weighted by Crippen LogP contribution is 2.16. The number of benzene rings is 2. The number of hydrogen-bond acceptors (Lipinski definition) is 6. The highest BCUT2D eigenvalue weighted by Gasteiger charge is 2.30. The Morgan fingerprint density at radius 1 is 0.949 bits per heavy atom. The van der Waals surface area contributed by atoms with Crippen LogP contribution in [-0.2, 0) is 20.8 Å². The van der Waals surface area contributed by atoms with Gasteiger partial charge in [0.1, 0.15) is 6.04 Å². The van der Waals surface area contributed by atoms with Crippen LogP contribution in [0.4, 0.5) is 5.69 Å². The molecule has 1 aliphatic rings. The number of nitro benzene ring substituents is 1. The van der Waals surface area contributed by atoms with Crippen LogP contribution < -0.4 is 10.6 Å². The molecule has 0 aliphatic carbocycles. The van der Waals surface area contributed by atoms with Gasteiger partial charge in [-0.05, 0) is 43.0 Å². The molecule has 1 atom stereocenters. The second-order valence-electron chi connectivity index (χ2n) is 9.19. The first-order valence-electron chi connectivity index (χ1n) is 12.8. The van der Waals surface area contributed by atoms with Crippen LogP contribution in [0.3, 0.4) is 0 Å². The summed E-state index contributed by atoms with van der Waals surface area (Å²) >= 11 is 0. The van der Waals surface area contributed by atoms with E-state index in [0.717, 1.165) is 5.56 Å². The third-order valence-electron chi connectivity index (χ3n) is 6.45. The molecule has 0 radical (unpaired) electrons. The summed E-state index contributed by atoms with van der Waals surface area (Å²) in [4.78, 5) is 63.9. The molecule has 11 heteroatoms. The Labute approximate surface area is 227 Å². The van der Waals surface area contributed by atoms with Crippen LogP contribution in [0.5, 0.6) is 0 Å². The molecule has 0 bridgehead atoms. The van der Waals surface area contributed by atoms with Crippen molar-refractivity contribution in [3.8, 4) is 0 Å². The molecule has 11 nitrogen and oxygen atoms in total. The van der Waals surface area contributed by atoms with Crippen molar-refractivity contribution in [3.05, 3.63) is 88.5 Å². The fourth-order valence-electron chi connectivity index (χ4n) is 4.30. The number of carbonyl (C=O) groups excluding carboxylic acids is 4. The number of nitrogens with one attached hydrogen (secondary N) is 2. The van der Waals surface area contributed by atoms with Crippen molar-refractivity contribution in [2.24, 2.45) is 0 Å². The molecule has 39 heavy (non-hydrogen) atoms. The predicted octanol–water partition coefficient (Wildman–Crippen LogP) is 2.08. The van der Waals surface area contributed by atoms with Gasteiger partial charge in [0.25, 0.3) is 11.6 Å². The Balaban J connectivity index is 1.57. The van der Waals surface area contributed by atoms with Crippen molar-refractivity contribution in [1.29, 1.82) is 0 Å². The molecule has 2 aromatic rings. The Hall–Kier alpha value is -4.54. The van der Waals surface area contributed by atoms with E-state index in [9.17, 15) is 29.3 Å². The highest BCUT2D eigenvalue weighted by molar-refractivity contribution is 5.95. The van der Waals surface area contributed by atoms with E-state index in [1.165, 1.54) is 30.3 Å². The highest BCUT2D eigenvalue weighted by atomic mass is 16.6. The molecule has 0 spiro atoms. The number of piperazine rings is 1. The van der Waals surface area contributed by atoms with Crippen molar-refractivity contribution in [2.75, 3.05) is 32.7 Å². The second-order valence-corrected chi connectivity index (χ2v) is 9.19. The molecule has 2 N–H and O–H groups in total. The largest absolute Gasteiger partial charge is 0.353 e. The lowest BCUT2D eigenvalue weighted by Gasteiger charge is -2.36. The smallest absolute Gasteiger partial charge is 0.269 e. The van der Waals surface area contributed by atoms with Crippen LogP contribution in [0.25, 0.3) is 0 Å². The standard InChI is InChI=1S/C28H33N5O6/c1-2-25(34)29-15-7-6-10-24(30-26(35)20-21-8-4-3-5-9-21)28(37)32-18-16-31(17-19-32)27(36)22-11-13-23(14-12-22)33(38)39/h2-5,8-9,11-14,24H,1,6-7,10,15-20H2,(H,29,34)(H,30,35). The zero-order valence-electron chi connectivity index (χ0n) is 21.7. The molecule has 1 heterocycles. The monoisotopic (exact) mass is 535 g/mol. The lowest BCUT2D eigenvalue weighted by Crippen LogP contribution is -2.56. The van der Waals surface area contributed by atoms with Gasteiger partial charge in [-0.25, -0.2) is 0 Å².